The number of hydrogen-bond donors (Lipinski definition) is 0. The molecule has 0 bridgehead atoms. The SMILES string of the molecule is COCCCCOCCOc1c2ccccc2c(OCCOCCCCOC)c2ccccc12. The molecule has 3 rings (SSSR count). The number of rotatable bonds is 18. The van der Waals surface area contributed by atoms with Gasteiger partial charge in [-0.05, 0) is 25.7 Å². The van der Waals surface area contributed by atoms with E-state index >= 15 is 0 Å². The molecule has 186 valence electrons. The minimum absolute atomic E-state index is 0.495. The molecule has 6 heteroatoms. The molecule has 0 atom stereocenters. The Hall–Kier alpha value is -2.38. The molecule has 0 aromatic heterocycles. The highest BCUT2D eigenvalue weighted by Gasteiger charge is 2.15. The predicted molar refractivity (Wildman–Crippen MR) is 136 cm³/mol. The van der Waals surface area contributed by atoms with Gasteiger partial charge in [0.2, 0.25) is 0 Å². The van der Waals surface area contributed by atoms with Crippen molar-refractivity contribution in [2.24, 2.45) is 0 Å². The minimum Gasteiger partial charge on any atom is -0.490 e. The lowest BCUT2D eigenvalue weighted by atomic mass is 10.0. The fourth-order valence-electron chi connectivity index (χ4n) is 3.87. The van der Waals surface area contributed by atoms with Crippen LogP contribution < -0.4 is 9.47 Å². The zero-order chi connectivity index (χ0) is 23.8. The van der Waals surface area contributed by atoms with Crippen molar-refractivity contribution in [2.45, 2.75) is 25.7 Å². The third-order valence-corrected chi connectivity index (χ3v) is 5.56. The second-order valence-corrected chi connectivity index (χ2v) is 8.07. The van der Waals surface area contributed by atoms with Gasteiger partial charge in [-0.1, -0.05) is 48.5 Å². The number of hydrogen-bond acceptors (Lipinski definition) is 6. The first-order chi connectivity index (χ1) is 16.9. The Morgan fingerprint density at radius 3 is 1.15 bits per heavy atom. The summed E-state index contributed by atoms with van der Waals surface area (Å²) in [6.07, 6.45) is 3.99. The van der Waals surface area contributed by atoms with Gasteiger partial charge in [0.15, 0.2) is 0 Å². The topological polar surface area (TPSA) is 55.4 Å². The largest absolute Gasteiger partial charge is 0.490 e. The zero-order valence-corrected chi connectivity index (χ0v) is 20.6. The Kier molecular flexibility index (Phi) is 12.0. The summed E-state index contributed by atoms with van der Waals surface area (Å²) in [5.41, 5.74) is 0. The monoisotopic (exact) mass is 470 g/mol. The molecular weight excluding hydrogens is 432 g/mol. The Morgan fingerprint density at radius 2 is 0.794 bits per heavy atom. The average molecular weight is 471 g/mol. The van der Waals surface area contributed by atoms with Crippen LogP contribution in [0, 0.1) is 0 Å². The average Bonchev–Trinajstić information content (AvgIpc) is 2.87. The highest BCUT2D eigenvalue weighted by atomic mass is 16.5. The van der Waals surface area contributed by atoms with Gasteiger partial charge in [0.05, 0.1) is 13.2 Å². The van der Waals surface area contributed by atoms with Gasteiger partial charge in [-0.3, -0.25) is 0 Å². The fraction of sp³-hybridized carbons (Fsp3) is 0.500. The molecule has 0 saturated heterocycles. The van der Waals surface area contributed by atoms with Gasteiger partial charge >= 0.3 is 0 Å². The molecule has 0 spiro atoms. The van der Waals surface area contributed by atoms with E-state index in [0.717, 1.165) is 85.2 Å². The molecule has 0 aliphatic rings. The fourth-order valence-corrected chi connectivity index (χ4v) is 3.87. The zero-order valence-electron chi connectivity index (χ0n) is 20.6. The first kappa shape index (κ1) is 26.2. The molecule has 6 nitrogen and oxygen atoms in total. The Labute approximate surface area is 203 Å². The Morgan fingerprint density at radius 1 is 0.441 bits per heavy atom. The second-order valence-electron chi connectivity index (χ2n) is 8.07. The summed E-state index contributed by atoms with van der Waals surface area (Å²) in [6.45, 7) is 5.07. The molecule has 0 fully saturated rings. The molecule has 0 heterocycles. The summed E-state index contributed by atoms with van der Waals surface area (Å²) in [6, 6.07) is 16.5. The first-order valence-corrected chi connectivity index (χ1v) is 12.2. The maximum atomic E-state index is 6.26. The van der Waals surface area contributed by atoms with Crippen LogP contribution in [-0.4, -0.2) is 67.1 Å². The van der Waals surface area contributed by atoms with Crippen molar-refractivity contribution in [1.29, 1.82) is 0 Å². The van der Waals surface area contributed by atoms with Crippen LogP contribution in [0.2, 0.25) is 0 Å². The smallest absolute Gasteiger partial charge is 0.135 e. The van der Waals surface area contributed by atoms with E-state index in [9.17, 15) is 0 Å². The number of fused-ring (bicyclic) bond motifs is 2. The first-order valence-electron chi connectivity index (χ1n) is 12.2. The van der Waals surface area contributed by atoms with Gasteiger partial charge in [0, 0.05) is 62.2 Å². The van der Waals surface area contributed by atoms with E-state index in [-0.39, 0.29) is 0 Å². The van der Waals surface area contributed by atoms with Crippen molar-refractivity contribution in [3.63, 3.8) is 0 Å². The van der Waals surface area contributed by atoms with Crippen molar-refractivity contribution in [3.8, 4) is 11.5 Å². The lowest BCUT2D eigenvalue weighted by Gasteiger charge is -2.18. The van der Waals surface area contributed by atoms with Crippen molar-refractivity contribution in [3.05, 3.63) is 48.5 Å². The van der Waals surface area contributed by atoms with E-state index in [2.05, 4.69) is 24.3 Å². The highest BCUT2D eigenvalue weighted by molar-refractivity contribution is 6.11. The van der Waals surface area contributed by atoms with E-state index in [0.29, 0.717) is 26.4 Å². The molecule has 0 aliphatic heterocycles. The maximum Gasteiger partial charge on any atom is 0.135 e. The van der Waals surface area contributed by atoms with Crippen LogP contribution in [0.4, 0.5) is 0 Å². The molecule has 34 heavy (non-hydrogen) atoms. The Bertz CT molecular complexity index is 839. The lowest BCUT2D eigenvalue weighted by molar-refractivity contribution is 0.0918. The highest BCUT2D eigenvalue weighted by Crippen LogP contribution is 2.42. The molecule has 0 saturated carbocycles. The molecule has 0 radical (unpaired) electrons. The summed E-state index contributed by atoms with van der Waals surface area (Å²) in [4.78, 5) is 0. The van der Waals surface area contributed by atoms with Gasteiger partial charge in [0.1, 0.15) is 24.7 Å². The third-order valence-electron chi connectivity index (χ3n) is 5.56. The van der Waals surface area contributed by atoms with E-state index in [1.807, 2.05) is 24.3 Å². The van der Waals surface area contributed by atoms with Crippen molar-refractivity contribution in [1.82, 2.24) is 0 Å². The van der Waals surface area contributed by atoms with Crippen LogP contribution in [0.5, 0.6) is 11.5 Å². The molecule has 3 aromatic carbocycles. The maximum absolute atomic E-state index is 6.26. The summed E-state index contributed by atoms with van der Waals surface area (Å²) in [5, 5.41) is 4.15. The number of unbranched alkanes of at least 4 members (excludes halogenated alkanes) is 2. The number of ether oxygens (including phenoxy) is 6. The van der Waals surface area contributed by atoms with Crippen LogP contribution in [-0.2, 0) is 18.9 Å². The summed E-state index contributed by atoms with van der Waals surface area (Å²) in [5.74, 6) is 1.74. The van der Waals surface area contributed by atoms with E-state index in [4.69, 9.17) is 28.4 Å². The molecular formula is C28H38O6. The van der Waals surface area contributed by atoms with Crippen molar-refractivity contribution < 1.29 is 28.4 Å². The number of methoxy groups -OCH3 is 2. The molecule has 0 aliphatic carbocycles. The van der Waals surface area contributed by atoms with Gasteiger partial charge in [-0.15, -0.1) is 0 Å². The summed E-state index contributed by atoms with van der Waals surface area (Å²) < 4.78 is 34.1. The van der Waals surface area contributed by atoms with E-state index in [1.165, 1.54) is 0 Å². The molecule has 0 amide bonds. The van der Waals surface area contributed by atoms with Gasteiger partial charge < -0.3 is 28.4 Å². The Balaban J connectivity index is 1.65. The molecule has 3 aromatic rings. The summed E-state index contributed by atoms with van der Waals surface area (Å²) >= 11 is 0. The minimum atomic E-state index is 0.495. The van der Waals surface area contributed by atoms with Gasteiger partial charge in [0.25, 0.3) is 0 Å². The quantitative estimate of drug-likeness (QED) is 0.177. The van der Waals surface area contributed by atoms with Crippen LogP contribution in [0.15, 0.2) is 48.5 Å². The van der Waals surface area contributed by atoms with Crippen molar-refractivity contribution >= 4 is 21.5 Å². The normalized spacial score (nSPS) is 11.4. The number of benzene rings is 3. The van der Waals surface area contributed by atoms with Gasteiger partial charge in [-0.2, -0.15) is 0 Å². The van der Waals surface area contributed by atoms with Crippen molar-refractivity contribution in [2.75, 3.05) is 67.1 Å². The lowest BCUT2D eigenvalue weighted by Crippen LogP contribution is -2.10. The predicted octanol–water partition coefficient (Wildman–Crippen LogP) is 5.64. The van der Waals surface area contributed by atoms with Crippen LogP contribution >= 0.6 is 0 Å². The van der Waals surface area contributed by atoms with Crippen LogP contribution in [0.25, 0.3) is 21.5 Å². The van der Waals surface area contributed by atoms with Crippen LogP contribution in [0.3, 0.4) is 0 Å². The summed E-state index contributed by atoms with van der Waals surface area (Å²) in [7, 11) is 3.44. The van der Waals surface area contributed by atoms with Crippen LogP contribution in [0.1, 0.15) is 25.7 Å². The molecule has 0 N–H and O–H groups in total. The third kappa shape index (κ3) is 7.84. The van der Waals surface area contributed by atoms with Gasteiger partial charge in [-0.25, -0.2) is 0 Å². The standard InChI is InChI=1S/C28H38O6/c1-29-15-7-9-17-31-19-21-33-27-23-11-3-5-13-25(23)28(26-14-6-4-12-24(26)27)34-22-20-32-18-10-8-16-30-2/h3-6,11-14H,7-10,15-22H2,1-2H3. The van der Waals surface area contributed by atoms with E-state index in [1.54, 1.807) is 14.2 Å². The molecule has 0 unspecified atom stereocenters. The second kappa shape index (κ2) is 15.5. The van der Waals surface area contributed by atoms with E-state index < -0.39 is 0 Å².